The van der Waals surface area contributed by atoms with Gasteiger partial charge in [0.25, 0.3) is 0 Å². The lowest BCUT2D eigenvalue weighted by Crippen LogP contribution is -2.37. The minimum absolute atomic E-state index is 0.0859. The Bertz CT molecular complexity index is 632. The number of benzene rings is 1. The number of hydrogen-bond acceptors (Lipinski definition) is 3. The van der Waals surface area contributed by atoms with Crippen molar-refractivity contribution < 1.29 is 23.5 Å². The van der Waals surface area contributed by atoms with Crippen molar-refractivity contribution >= 4 is 11.8 Å². The second kappa shape index (κ2) is 6.35. The Morgan fingerprint density at radius 3 is 2.52 bits per heavy atom. The molecule has 0 saturated carbocycles. The summed E-state index contributed by atoms with van der Waals surface area (Å²) in [6.45, 7) is 5.34. The zero-order valence-electron chi connectivity index (χ0n) is 13.5. The molecule has 1 aliphatic heterocycles. The van der Waals surface area contributed by atoms with E-state index >= 15 is 0 Å². The molecule has 6 heteroatoms. The van der Waals surface area contributed by atoms with Crippen LogP contribution in [0.3, 0.4) is 0 Å². The Labute approximate surface area is 134 Å². The van der Waals surface area contributed by atoms with E-state index in [-0.39, 0.29) is 36.3 Å². The average Bonchev–Trinajstić information content (AvgIpc) is 2.61. The molecule has 0 aromatic heterocycles. The topological polar surface area (TPSA) is 57.6 Å². The van der Waals surface area contributed by atoms with Gasteiger partial charge in [0.05, 0.1) is 18.1 Å². The van der Waals surface area contributed by atoms with Gasteiger partial charge in [-0.25, -0.2) is 8.78 Å². The summed E-state index contributed by atoms with van der Waals surface area (Å²) in [7, 11) is 0. The van der Waals surface area contributed by atoms with Crippen LogP contribution < -0.4 is 0 Å². The largest absolute Gasteiger partial charge is 0.386 e. The minimum Gasteiger partial charge on any atom is -0.386 e. The Kier molecular flexibility index (Phi) is 4.84. The van der Waals surface area contributed by atoms with Crippen molar-refractivity contribution in [1.29, 1.82) is 0 Å². The number of aliphatic hydroxyl groups excluding tert-OH is 1. The van der Waals surface area contributed by atoms with Crippen LogP contribution in [0.15, 0.2) is 18.2 Å². The van der Waals surface area contributed by atoms with Crippen LogP contribution in [0.4, 0.5) is 8.78 Å². The number of nitrogens with zero attached hydrogens (tertiary/aromatic N) is 1. The standard InChI is InChI=1S/C17H21F2NO3/c1-10(2)7-17(3)8-15(22)20(16(17)23)9-14(21)12-5-4-11(18)6-13(12)19/h4-6,10,14,21H,7-9H2,1-3H3. The molecular formula is C17H21F2NO3. The number of carbonyl (C=O) groups excluding carboxylic acids is 2. The highest BCUT2D eigenvalue weighted by Crippen LogP contribution is 2.39. The van der Waals surface area contributed by atoms with E-state index < -0.39 is 23.2 Å². The summed E-state index contributed by atoms with van der Waals surface area (Å²) in [5.41, 5.74) is -0.920. The highest BCUT2D eigenvalue weighted by Gasteiger charge is 2.48. The summed E-state index contributed by atoms with van der Waals surface area (Å²) in [4.78, 5) is 25.6. The zero-order chi connectivity index (χ0) is 17.4. The molecule has 1 saturated heterocycles. The number of β-amino-alcohol motifs (C(OH)–C–C–N with tert-alkyl or cyclic N) is 1. The number of imide groups is 1. The summed E-state index contributed by atoms with van der Waals surface area (Å²) in [6, 6.07) is 2.81. The molecule has 1 fully saturated rings. The lowest BCUT2D eigenvalue weighted by atomic mass is 9.80. The minimum atomic E-state index is -1.38. The molecule has 1 heterocycles. The summed E-state index contributed by atoms with van der Waals surface area (Å²) < 4.78 is 26.6. The van der Waals surface area contributed by atoms with Gasteiger partial charge in [0.15, 0.2) is 0 Å². The molecule has 0 bridgehead atoms. The fourth-order valence-corrected chi connectivity index (χ4v) is 3.23. The molecule has 0 aliphatic carbocycles. The highest BCUT2D eigenvalue weighted by molar-refractivity contribution is 6.05. The second-order valence-electron chi connectivity index (χ2n) is 6.83. The third kappa shape index (κ3) is 3.58. The third-order valence-electron chi connectivity index (χ3n) is 4.14. The van der Waals surface area contributed by atoms with E-state index in [1.54, 1.807) is 6.92 Å². The maximum atomic E-state index is 13.7. The number of carbonyl (C=O) groups is 2. The third-order valence-corrected chi connectivity index (χ3v) is 4.14. The average molecular weight is 325 g/mol. The summed E-state index contributed by atoms with van der Waals surface area (Å²) in [6.07, 6.45) is -0.734. The van der Waals surface area contributed by atoms with Crippen molar-refractivity contribution in [2.75, 3.05) is 6.54 Å². The molecule has 1 aromatic carbocycles. The van der Waals surface area contributed by atoms with Gasteiger partial charge in [-0.2, -0.15) is 0 Å². The Morgan fingerprint density at radius 1 is 1.30 bits per heavy atom. The van der Waals surface area contributed by atoms with E-state index in [0.717, 1.165) is 17.0 Å². The van der Waals surface area contributed by atoms with Gasteiger partial charge in [0.2, 0.25) is 11.8 Å². The van der Waals surface area contributed by atoms with Gasteiger partial charge >= 0.3 is 0 Å². The Hall–Kier alpha value is -1.82. The van der Waals surface area contributed by atoms with Crippen LogP contribution in [0.5, 0.6) is 0 Å². The van der Waals surface area contributed by atoms with Gasteiger partial charge in [0, 0.05) is 18.1 Å². The summed E-state index contributed by atoms with van der Waals surface area (Å²) in [5, 5.41) is 10.1. The maximum absolute atomic E-state index is 13.7. The quantitative estimate of drug-likeness (QED) is 0.847. The molecule has 1 aliphatic rings. The fourth-order valence-electron chi connectivity index (χ4n) is 3.23. The van der Waals surface area contributed by atoms with Gasteiger partial charge in [-0.05, 0) is 18.4 Å². The van der Waals surface area contributed by atoms with Crippen LogP contribution in [0.25, 0.3) is 0 Å². The Balaban J connectivity index is 2.16. The molecule has 2 rings (SSSR count). The molecule has 2 unspecified atom stereocenters. The number of rotatable bonds is 5. The van der Waals surface area contributed by atoms with Crippen molar-refractivity contribution in [2.24, 2.45) is 11.3 Å². The van der Waals surface area contributed by atoms with E-state index in [2.05, 4.69) is 0 Å². The van der Waals surface area contributed by atoms with Crippen molar-refractivity contribution in [3.63, 3.8) is 0 Å². The van der Waals surface area contributed by atoms with E-state index in [1.807, 2.05) is 13.8 Å². The number of amides is 2. The first-order chi connectivity index (χ1) is 10.6. The monoisotopic (exact) mass is 325 g/mol. The van der Waals surface area contributed by atoms with Crippen LogP contribution in [-0.4, -0.2) is 28.4 Å². The number of aliphatic hydroxyl groups is 1. The first-order valence-electron chi connectivity index (χ1n) is 7.62. The molecular weight excluding hydrogens is 304 g/mol. The predicted octanol–water partition coefficient (Wildman–Crippen LogP) is 2.81. The summed E-state index contributed by atoms with van der Waals surface area (Å²) in [5.74, 6) is -2.13. The van der Waals surface area contributed by atoms with Crippen LogP contribution in [0.2, 0.25) is 0 Å². The molecule has 4 nitrogen and oxygen atoms in total. The number of likely N-dealkylation sites (tertiary alicyclic amines) is 1. The van der Waals surface area contributed by atoms with Crippen molar-refractivity contribution in [3.05, 3.63) is 35.4 Å². The van der Waals surface area contributed by atoms with Crippen molar-refractivity contribution in [3.8, 4) is 0 Å². The van der Waals surface area contributed by atoms with Gasteiger partial charge in [-0.1, -0.05) is 26.8 Å². The zero-order valence-corrected chi connectivity index (χ0v) is 13.5. The number of halogens is 2. The lowest BCUT2D eigenvalue weighted by Gasteiger charge is -2.25. The van der Waals surface area contributed by atoms with Gasteiger partial charge in [0.1, 0.15) is 11.6 Å². The smallest absolute Gasteiger partial charge is 0.235 e. The van der Waals surface area contributed by atoms with E-state index in [9.17, 15) is 23.5 Å². The van der Waals surface area contributed by atoms with Gasteiger partial charge < -0.3 is 5.11 Å². The first kappa shape index (κ1) is 17.5. The normalized spacial score (nSPS) is 23.0. The van der Waals surface area contributed by atoms with Crippen LogP contribution in [0.1, 0.15) is 45.3 Å². The molecule has 0 radical (unpaired) electrons. The Morgan fingerprint density at radius 2 is 1.96 bits per heavy atom. The second-order valence-corrected chi connectivity index (χ2v) is 6.83. The maximum Gasteiger partial charge on any atom is 0.235 e. The molecule has 2 atom stereocenters. The van der Waals surface area contributed by atoms with Crippen LogP contribution in [0, 0.1) is 23.0 Å². The van der Waals surface area contributed by atoms with Crippen molar-refractivity contribution in [1.82, 2.24) is 4.90 Å². The molecule has 1 N–H and O–H groups in total. The SMILES string of the molecule is CC(C)CC1(C)CC(=O)N(CC(O)c2ccc(F)cc2F)C1=O. The fraction of sp³-hybridized carbons (Fsp3) is 0.529. The van der Waals surface area contributed by atoms with Gasteiger partial charge in [-0.15, -0.1) is 0 Å². The first-order valence-corrected chi connectivity index (χ1v) is 7.62. The molecule has 2 amide bonds. The van der Waals surface area contributed by atoms with E-state index in [0.29, 0.717) is 12.5 Å². The van der Waals surface area contributed by atoms with Crippen LogP contribution in [-0.2, 0) is 9.59 Å². The van der Waals surface area contributed by atoms with Crippen LogP contribution >= 0.6 is 0 Å². The predicted molar refractivity (Wildman–Crippen MR) is 80.2 cm³/mol. The molecule has 126 valence electrons. The van der Waals surface area contributed by atoms with E-state index in [4.69, 9.17) is 0 Å². The van der Waals surface area contributed by atoms with Gasteiger partial charge in [-0.3, -0.25) is 14.5 Å². The highest BCUT2D eigenvalue weighted by atomic mass is 19.1. The van der Waals surface area contributed by atoms with Crippen molar-refractivity contribution in [2.45, 2.75) is 39.7 Å². The number of hydrogen-bond donors (Lipinski definition) is 1. The molecule has 23 heavy (non-hydrogen) atoms. The molecule has 1 aromatic rings. The molecule has 0 spiro atoms. The lowest BCUT2D eigenvalue weighted by molar-refractivity contribution is -0.143. The van der Waals surface area contributed by atoms with E-state index in [1.165, 1.54) is 0 Å². The summed E-state index contributed by atoms with van der Waals surface area (Å²) >= 11 is 0.